The van der Waals surface area contributed by atoms with E-state index in [0.29, 0.717) is 6.07 Å². The van der Waals surface area contributed by atoms with Gasteiger partial charge in [0, 0.05) is 12.1 Å². The first-order valence-electron chi connectivity index (χ1n) is 5.71. The van der Waals surface area contributed by atoms with Gasteiger partial charge in [0.15, 0.2) is 0 Å². The van der Waals surface area contributed by atoms with Gasteiger partial charge in [0.1, 0.15) is 23.3 Å². The Kier molecular flexibility index (Phi) is 4.32. The minimum atomic E-state index is -1.09. The second-order valence-electron chi connectivity index (χ2n) is 4.28. The van der Waals surface area contributed by atoms with Crippen LogP contribution in [0.5, 0.6) is 0 Å². The Bertz CT molecular complexity index is 733. The summed E-state index contributed by atoms with van der Waals surface area (Å²) in [5.74, 6) is -4.58. The molecule has 110 valence electrons. The maximum atomic E-state index is 13.6. The first kappa shape index (κ1) is 15.5. The Morgan fingerprint density at radius 2 is 1.62 bits per heavy atom. The molecule has 2 nitrogen and oxygen atoms in total. The SMILES string of the molecule is Cc1cc(C(=O)Nc2cc(F)c(Br)cc2F)c(F)cc1F. The summed E-state index contributed by atoms with van der Waals surface area (Å²) in [6, 6.07) is 3.14. The molecule has 7 heteroatoms. The maximum absolute atomic E-state index is 13.6. The molecule has 2 rings (SSSR count). The first-order valence-corrected chi connectivity index (χ1v) is 6.50. The highest BCUT2D eigenvalue weighted by molar-refractivity contribution is 9.10. The third-order valence-corrected chi connectivity index (χ3v) is 3.36. The predicted octanol–water partition coefficient (Wildman–Crippen LogP) is 4.57. The highest BCUT2D eigenvalue weighted by Crippen LogP contribution is 2.24. The lowest BCUT2D eigenvalue weighted by molar-refractivity contribution is 0.102. The fourth-order valence-electron chi connectivity index (χ4n) is 1.64. The van der Waals surface area contributed by atoms with E-state index in [9.17, 15) is 22.4 Å². The van der Waals surface area contributed by atoms with Gasteiger partial charge >= 0.3 is 0 Å². The average Bonchev–Trinajstić information content (AvgIpc) is 2.40. The number of hydrogen-bond donors (Lipinski definition) is 1. The Labute approximate surface area is 125 Å². The number of aryl methyl sites for hydroxylation is 1. The molecule has 0 aliphatic rings. The van der Waals surface area contributed by atoms with Gasteiger partial charge in [-0.15, -0.1) is 0 Å². The number of hydrogen-bond acceptors (Lipinski definition) is 1. The van der Waals surface area contributed by atoms with Crippen molar-refractivity contribution < 1.29 is 22.4 Å². The summed E-state index contributed by atoms with van der Waals surface area (Å²) in [5.41, 5.74) is -0.845. The van der Waals surface area contributed by atoms with E-state index >= 15 is 0 Å². The Morgan fingerprint density at radius 1 is 0.952 bits per heavy atom. The zero-order valence-electron chi connectivity index (χ0n) is 10.6. The third kappa shape index (κ3) is 3.24. The number of halogens is 5. The van der Waals surface area contributed by atoms with E-state index in [0.717, 1.165) is 18.2 Å². The summed E-state index contributed by atoms with van der Waals surface area (Å²) in [5, 5.41) is 2.04. The number of benzene rings is 2. The van der Waals surface area contributed by atoms with Crippen LogP contribution < -0.4 is 5.32 Å². The summed E-state index contributed by atoms with van der Waals surface area (Å²) in [6.07, 6.45) is 0. The summed E-state index contributed by atoms with van der Waals surface area (Å²) in [7, 11) is 0. The molecule has 0 aliphatic carbocycles. The van der Waals surface area contributed by atoms with Gasteiger partial charge in [-0.1, -0.05) is 0 Å². The van der Waals surface area contributed by atoms with Crippen molar-refractivity contribution >= 4 is 27.5 Å². The van der Waals surface area contributed by atoms with E-state index in [1.807, 2.05) is 5.32 Å². The third-order valence-electron chi connectivity index (χ3n) is 2.75. The van der Waals surface area contributed by atoms with E-state index < -0.39 is 40.4 Å². The van der Waals surface area contributed by atoms with Gasteiger partial charge < -0.3 is 5.32 Å². The Morgan fingerprint density at radius 3 is 2.29 bits per heavy atom. The molecule has 0 atom stereocenters. The molecule has 0 aliphatic heterocycles. The van der Waals surface area contributed by atoms with Gasteiger partial charge in [0.05, 0.1) is 15.7 Å². The van der Waals surface area contributed by atoms with Crippen LogP contribution >= 0.6 is 15.9 Å². The van der Waals surface area contributed by atoms with E-state index in [4.69, 9.17) is 0 Å². The largest absolute Gasteiger partial charge is 0.319 e. The number of anilines is 1. The van der Waals surface area contributed by atoms with Crippen molar-refractivity contribution in [2.45, 2.75) is 6.92 Å². The number of rotatable bonds is 2. The molecule has 0 saturated heterocycles. The van der Waals surface area contributed by atoms with Crippen LogP contribution in [0.15, 0.2) is 28.7 Å². The van der Waals surface area contributed by atoms with E-state index in [2.05, 4.69) is 15.9 Å². The molecule has 1 amide bonds. The monoisotopic (exact) mass is 361 g/mol. The number of carbonyl (C=O) groups is 1. The van der Waals surface area contributed by atoms with Gasteiger partial charge in [-0.2, -0.15) is 0 Å². The zero-order chi connectivity index (χ0) is 15.7. The highest BCUT2D eigenvalue weighted by Gasteiger charge is 2.17. The smallest absolute Gasteiger partial charge is 0.258 e. The second-order valence-corrected chi connectivity index (χ2v) is 5.14. The van der Waals surface area contributed by atoms with E-state index in [1.54, 1.807) is 0 Å². The van der Waals surface area contributed by atoms with Gasteiger partial charge in [-0.05, 0) is 40.5 Å². The topological polar surface area (TPSA) is 29.1 Å². The fraction of sp³-hybridized carbons (Fsp3) is 0.0714. The van der Waals surface area contributed by atoms with Crippen molar-refractivity contribution in [3.63, 3.8) is 0 Å². The number of amides is 1. The molecule has 0 radical (unpaired) electrons. The van der Waals surface area contributed by atoms with Crippen LogP contribution in [-0.4, -0.2) is 5.91 Å². The minimum Gasteiger partial charge on any atom is -0.319 e. The van der Waals surface area contributed by atoms with Gasteiger partial charge in [0.2, 0.25) is 0 Å². The molecule has 0 unspecified atom stereocenters. The summed E-state index contributed by atoms with van der Waals surface area (Å²) >= 11 is 2.79. The molecule has 0 fully saturated rings. The second kappa shape index (κ2) is 5.85. The lowest BCUT2D eigenvalue weighted by Gasteiger charge is -2.09. The molecule has 21 heavy (non-hydrogen) atoms. The summed E-state index contributed by atoms with van der Waals surface area (Å²) in [6.45, 7) is 1.35. The molecule has 0 heterocycles. The molecule has 0 bridgehead atoms. The minimum absolute atomic E-state index is 0.0593. The zero-order valence-corrected chi connectivity index (χ0v) is 12.2. The predicted molar refractivity (Wildman–Crippen MR) is 73.1 cm³/mol. The van der Waals surface area contributed by atoms with Crippen molar-refractivity contribution in [1.29, 1.82) is 0 Å². The van der Waals surface area contributed by atoms with Crippen LogP contribution in [0.3, 0.4) is 0 Å². The number of carbonyl (C=O) groups excluding carboxylic acids is 1. The lowest BCUT2D eigenvalue weighted by atomic mass is 10.1. The molecule has 1 N–H and O–H groups in total. The first-order chi connectivity index (χ1) is 9.79. The molecule has 0 aromatic heterocycles. The van der Waals surface area contributed by atoms with Crippen molar-refractivity contribution in [1.82, 2.24) is 0 Å². The molecular formula is C14H8BrF4NO. The van der Waals surface area contributed by atoms with Gasteiger partial charge in [-0.25, -0.2) is 17.6 Å². The Hall–Kier alpha value is -1.89. The van der Waals surface area contributed by atoms with E-state index in [1.165, 1.54) is 6.92 Å². The van der Waals surface area contributed by atoms with E-state index in [-0.39, 0.29) is 10.0 Å². The summed E-state index contributed by atoms with van der Waals surface area (Å²) in [4.78, 5) is 11.9. The number of nitrogens with one attached hydrogen (secondary N) is 1. The Balaban J connectivity index is 2.35. The summed E-state index contributed by atoms with van der Waals surface area (Å²) < 4.78 is 53.5. The van der Waals surface area contributed by atoms with Crippen LogP contribution in [0, 0.1) is 30.2 Å². The van der Waals surface area contributed by atoms with Crippen LogP contribution in [0.4, 0.5) is 23.2 Å². The van der Waals surface area contributed by atoms with Crippen LogP contribution in [0.2, 0.25) is 0 Å². The quantitative estimate of drug-likeness (QED) is 0.616. The lowest BCUT2D eigenvalue weighted by Crippen LogP contribution is -2.15. The van der Waals surface area contributed by atoms with Gasteiger partial charge in [0.25, 0.3) is 5.91 Å². The van der Waals surface area contributed by atoms with Crippen LogP contribution in [0.1, 0.15) is 15.9 Å². The maximum Gasteiger partial charge on any atom is 0.258 e. The molecular weight excluding hydrogens is 354 g/mol. The molecule has 2 aromatic rings. The van der Waals surface area contributed by atoms with Crippen molar-refractivity contribution in [2.24, 2.45) is 0 Å². The molecule has 0 spiro atoms. The van der Waals surface area contributed by atoms with Crippen molar-refractivity contribution in [2.75, 3.05) is 5.32 Å². The van der Waals surface area contributed by atoms with Gasteiger partial charge in [-0.3, -0.25) is 4.79 Å². The highest BCUT2D eigenvalue weighted by atomic mass is 79.9. The molecule has 0 saturated carbocycles. The molecule has 2 aromatic carbocycles. The fourth-order valence-corrected chi connectivity index (χ4v) is 1.95. The van der Waals surface area contributed by atoms with Crippen molar-refractivity contribution in [3.05, 3.63) is 63.1 Å². The van der Waals surface area contributed by atoms with Crippen LogP contribution in [0.25, 0.3) is 0 Å². The standard InChI is InChI=1S/C14H8BrF4NO/c1-6-2-7(10(17)4-9(6)16)14(21)20-13-5-11(18)8(15)3-12(13)19/h2-5H,1H3,(H,20,21). The van der Waals surface area contributed by atoms with Crippen molar-refractivity contribution in [3.8, 4) is 0 Å². The normalized spacial score (nSPS) is 10.6. The van der Waals surface area contributed by atoms with Crippen LogP contribution in [-0.2, 0) is 0 Å². The average molecular weight is 362 g/mol.